The SMILES string of the molecule is O=C(Nc1ncn(Cc2cccnc2)n1)c1cccc2c1CCCN2. The molecule has 0 radical (unpaired) electrons. The van der Waals surface area contributed by atoms with E-state index in [0.29, 0.717) is 18.1 Å². The molecule has 0 saturated carbocycles. The fourth-order valence-corrected chi connectivity index (χ4v) is 3.00. The maximum Gasteiger partial charge on any atom is 0.258 e. The minimum absolute atomic E-state index is 0.181. The maximum absolute atomic E-state index is 12.6. The summed E-state index contributed by atoms with van der Waals surface area (Å²) in [4.78, 5) is 20.9. The summed E-state index contributed by atoms with van der Waals surface area (Å²) in [5.41, 5.74) is 3.79. The molecule has 0 atom stereocenters. The Labute approximate surface area is 145 Å². The van der Waals surface area contributed by atoms with Crippen LogP contribution in [0.3, 0.4) is 0 Å². The number of anilines is 2. The second kappa shape index (κ2) is 6.72. The molecule has 0 aliphatic carbocycles. The van der Waals surface area contributed by atoms with Crippen molar-refractivity contribution >= 4 is 17.5 Å². The van der Waals surface area contributed by atoms with E-state index >= 15 is 0 Å². The van der Waals surface area contributed by atoms with E-state index in [1.54, 1.807) is 23.4 Å². The zero-order valence-electron chi connectivity index (χ0n) is 13.6. The molecular weight excluding hydrogens is 316 g/mol. The molecule has 4 rings (SSSR count). The number of carbonyl (C=O) groups is 1. The monoisotopic (exact) mass is 334 g/mol. The highest BCUT2D eigenvalue weighted by Crippen LogP contribution is 2.25. The van der Waals surface area contributed by atoms with Gasteiger partial charge in [0.15, 0.2) is 0 Å². The Morgan fingerprint density at radius 1 is 1.28 bits per heavy atom. The maximum atomic E-state index is 12.6. The van der Waals surface area contributed by atoms with E-state index in [2.05, 4.69) is 25.7 Å². The first-order valence-corrected chi connectivity index (χ1v) is 8.25. The number of rotatable bonds is 4. The van der Waals surface area contributed by atoms with Gasteiger partial charge in [0, 0.05) is 30.2 Å². The lowest BCUT2D eigenvalue weighted by Crippen LogP contribution is -2.20. The van der Waals surface area contributed by atoms with Gasteiger partial charge in [-0.2, -0.15) is 0 Å². The van der Waals surface area contributed by atoms with Crippen LogP contribution in [0.4, 0.5) is 11.6 Å². The van der Waals surface area contributed by atoms with Crippen molar-refractivity contribution in [2.45, 2.75) is 19.4 Å². The van der Waals surface area contributed by atoms with E-state index in [9.17, 15) is 4.79 Å². The normalized spacial score (nSPS) is 13.0. The molecule has 0 fully saturated rings. The summed E-state index contributed by atoms with van der Waals surface area (Å²) in [6.45, 7) is 1.50. The van der Waals surface area contributed by atoms with Crippen molar-refractivity contribution in [2.24, 2.45) is 0 Å². The number of carbonyl (C=O) groups excluding carboxylic acids is 1. The van der Waals surface area contributed by atoms with Crippen molar-refractivity contribution < 1.29 is 4.79 Å². The lowest BCUT2D eigenvalue weighted by atomic mass is 9.97. The van der Waals surface area contributed by atoms with E-state index in [4.69, 9.17) is 0 Å². The topological polar surface area (TPSA) is 84.7 Å². The molecule has 0 bridgehead atoms. The van der Waals surface area contributed by atoms with Gasteiger partial charge in [0.05, 0.1) is 6.54 Å². The standard InChI is InChI=1S/C18H18N6O/c25-17(15-5-1-7-16-14(15)6-3-9-20-16)22-18-21-12-24(23-18)11-13-4-2-8-19-10-13/h1-2,4-5,7-8,10,12,20H,3,6,9,11H2,(H,22,23,25). The van der Waals surface area contributed by atoms with Crippen LogP contribution in [0, 0.1) is 0 Å². The predicted octanol–water partition coefficient (Wildman–Crippen LogP) is 2.33. The van der Waals surface area contributed by atoms with Crippen molar-refractivity contribution in [1.29, 1.82) is 0 Å². The van der Waals surface area contributed by atoms with E-state index in [1.807, 2.05) is 30.3 Å². The molecule has 3 heterocycles. The Hall–Kier alpha value is -3.22. The van der Waals surface area contributed by atoms with Crippen molar-refractivity contribution in [1.82, 2.24) is 19.7 Å². The van der Waals surface area contributed by atoms with Gasteiger partial charge in [0.1, 0.15) is 6.33 Å². The van der Waals surface area contributed by atoms with Gasteiger partial charge in [-0.25, -0.2) is 9.67 Å². The number of nitrogens with one attached hydrogen (secondary N) is 2. The smallest absolute Gasteiger partial charge is 0.258 e. The Balaban J connectivity index is 1.49. The average Bonchev–Trinajstić information content (AvgIpc) is 3.09. The molecule has 126 valence electrons. The zero-order chi connectivity index (χ0) is 17.1. The molecule has 7 nitrogen and oxygen atoms in total. The summed E-state index contributed by atoms with van der Waals surface area (Å²) in [6, 6.07) is 9.58. The van der Waals surface area contributed by atoms with Crippen LogP contribution in [0.5, 0.6) is 0 Å². The van der Waals surface area contributed by atoms with Crippen LogP contribution in [0.15, 0.2) is 49.1 Å². The second-order valence-electron chi connectivity index (χ2n) is 5.94. The highest BCUT2D eigenvalue weighted by atomic mass is 16.1. The number of nitrogens with zero attached hydrogens (tertiary/aromatic N) is 4. The Morgan fingerprint density at radius 3 is 3.12 bits per heavy atom. The highest BCUT2D eigenvalue weighted by Gasteiger charge is 2.18. The molecule has 3 aromatic rings. The summed E-state index contributed by atoms with van der Waals surface area (Å²) >= 11 is 0. The number of amides is 1. The summed E-state index contributed by atoms with van der Waals surface area (Å²) in [7, 11) is 0. The second-order valence-corrected chi connectivity index (χ2v) is 5.94. The van der Waals surface area contributed by atoms with E-state index < -0.39 is 0 Å². The minimum atomic E-state index is -0.181. The van der Waals surface area contributed by atoms with Gasteiger partial charge in [-0.3, -0.25) is 15.1 Å². The first-order valence-electron chi connectivity index (χ1n) is 8.25. The Kier molecular flexibility index (Phi) is 4.12. The third-order valence-electron chi connectivity index (χ3n) is 4.17. The molecule has 1 aliphatic rings. The van der Waals surface area contributed by atoms with Crippen LogP contribution >= 0.6 is 0 Å². The quantitative estimate of drug-likeness (QED) is 0.765. The first kappa shape index (κ1) is 15.3. The van der Waals surface area contributed by atoms with Crippen molar-refractivity contribution in [2.75, 3.05) is 17.2 Å². The van der Waals surface area contributed by atoms with E-state index in [1.165, 1.54) is 0 Å². The Bertz CT molecular complexity index is 890. The number of benzene rings is 1. The summed E-state index contributed by atoms with van der Waals surface area (Å²) in [6.07, 6.45) is 7.03. The molecule has 25 heavy (non-hydrogen) atoms. The van der Waals surface area contributed by atoms with Crippen LogP contribution in [-0.2, 0) is 13.0 Å². The molecule has 1 aliphatic heterocycles. The minimum Gasteiger partial charge on any atom is -0.385 e. The number of fused-ring (bicyclic) bond motifs is 1. The van der Waals surface area contributed by atoms with Crippen molar-refractivity contribution in [3.8, 4) is 0 Å². The van der Waals surface area contributed by atoms with Crippen LogP contribution < -0.4 is 10.6 Å². The molecule has 1 aromatic carbocycles. The molecule has 7 heteroatoms. The van der Waals surface area contributed by atoms with Gasteiger partial charge in [-0.05, 0) is 42.2 Å². The van der Waals surface area contributed by atoms with E-state index in [-0.39, 0.29) is 5.91 Å². The summed E-state index contributed by atoms with van der Waals surface area (Å²) in [5.74, 6) is 0.120. The fourth-order valence-electron chi connectivity index (χ4n) is 3.00. The lowest BCUT2D eigenvalue weighted by Gasteiger charge is -2.20. The predicted molar refractivity (Wildman–Crippen MR) is 94.6 cm³/mol. The molecule has 1 amide bonds. The fraction of sp³-hybridized carbons (Fsp3) is 0.222. The summed E-state index contributed by atoms with van der Waals surface area (Å²) in [5, 5.41) is 10.4. The molecule has 2 N–H and O–H groups in total. The number of hydrogen-bond acceptors (Lipinski definition) is 5. The van der Waals surface area contributed by atoms with Crippen LogP contribution in [0.25, 0.3) is 0 Å². The molecule has 2 aromatic heterocycles. The van der Waals surface area contributed by atoms with Gasteiger partial charge in [-0.1, -0.05) is 12.1 Å². The van der Waals surface area contributed by atoms with Gasteiger partial charge in [0.25, 0.3) is 5.91 Å². The third-order valence-corrected chi connectivity index (χ3v) is 4.17. The summed E-state index contributed by atoms with van der Waals surface area (Å²) < 4.78 is 1.68. The molecule has 0 spiro atoms. The highest BCUT2D eigenvalue weighted by molar-refractivity contribution is 6.05. The average molecular weight is 334 g/mol. The number of hydrogen-bond donors (Lipinski definition) is 2. The third kappa shape index (κ3) is 3.35. The number of aromatic nitrogens is 4. The van der Waals surface area contributed by atoms with Crippen LogP contribution in [0.1, 0.15) is 27.9 Å². The van der Waals surface area contributed by atoms with Crippen molar-refractivity contribution in [3.63, 3.8) is 0 Å². The zero-order valence-corrected chi connectivity index (χ0v) is 13.6. The van der Waals surface area contributed by atoms with E-state index in [0.717, 1.165) is 36.2 Å². The molecule has 0 saturated heterocycles. The van der Waals surface area contributed by atoms with Crippen LogP contribution in [0.2, 0.25) is 0 Å². The number of pyridine rings is 1. The molecule has 0 unspecified atom stereocenters. The van der Waals surface area contributed by atoms with Gasteiger partial charge >= 0.3 is 0 Å². The van der Waals surface area contributed by atoms with Gasteiger partial charge in [-0.15, -0.1) is 5.10 Å². The largest absolute Gasteiger partial charge is 0.385 e. The van der Waals surface area contributed by atoms with Crippen molar-refractivity contribution in [3.05, 3.63) is 65.7 Å². The van der Waals surface area contributed by atoms with Gasteiger partial charge < -0.3 is 5.32 Å². The molecular formula is C18H18N6O. The van der Waals surface area contributed by atoms with Crippen LogP contribution in [-0.4, -0.2) is 32.2 Å². The lowest BCUT2D eigenvalue weighted by molar-refractivity contribution is 0.102. The Morgan fingerprint density at radius 2 is 2.24 bits per heavy atom. The first-order chi connectivity index (χ1) is 12.3. The van der Waals surface area contributed by atoms with Gasteiger partial charge in [0.2, 0.25) is 5.95 Å².